The monoisotopic (exact) mass is 422 g/mol. The Morgan fingerprint density at radius 1 is 1.14 bits per heavy atom. The van der Waals surface area contributed by atoms with Gasteiger partial charge in [0.05, 0.1) is 25.3 Å². The van der Waals surface area contributed by atoms with Crippen molar-refractivity contribution in [2.75, 3.05) is 19.5 Å². The van der Waals surface area contributed by atoms with Crippen LogP contribution in [0.3, 0.4) is 0 Å². The largest absolute Gasteiger partial charge is 0.497 e. The smallest absolute Gasteiger partial charge is 0.416 e. The summed E-state index contributed by atoms with van der Waals surface area (Å²) in [4.78, 5) is 17.4. The molecule has 0 saturated heterocycles. The van der Waals surface area contributed by atoms with E-state index in [4.69, 9.17) is 9.47 Å². The van der Waals surface area contributed by atoms with Gasteiger partial charge in [0.1, 0.15) is 11.5 Å². The SMILES string of the molecule is COc1ccc(C(=O)Nc2ncc(Cc3cccc(C(F)(F)F)c3)s2)c(OC)c1. The normalized spacial score (nSPS) is 11.2. The zero-order valence-corrected chi connectivity index (χ0v) is 16.4. The molecule has 3 aromatic rings. The minimum Gasteiger partial charge on any atom is -0.497 e. The Bertz CT molecular complexity index is 1020. The van der Waals surface area contributed by atoms with Gasteiger partial charge in [0.25, 0.3) is 5.91 Å². The van der Waals surface area contributed by atoms with Crippen LogP contribution in [-0.4, -0.2) is 25.1 Å². The lowest BCUT2D eigenvalue weighted by molar-refractivity contribution is -0.137. The average Bonchev–Trinajstić information content (AvgIpc) is 3.13. The van der Waals surface area contributed by atoms with Crippen molar-refractivity contribution in [2.24, 2.45) is 0 Å². The molecular formula is C20H17F3N2O3S. The van der Waals surface area contributed by atoms with Crippen molar-refractivity contribution >= 4 is 22.4 Å². The molecule has 9 heteroatoms. The van der Waals surface area contributed by atoms with Crippen LogP contribution in [0.25, 0.3) is 0 Å². The Balaban J connectivity index is 1.72. The molecule has 0 aliphatic carbocycles. The number of thiazole rings is 1. The van der Waals surface area contributed by atoms with Crippen LogP contribution in [0.1, 0.15) is 26.4 Å². The Hall–Kier alpha value is -3.07. The van der Waals surface area contributed by atoms with Gasteiger partial charge in [-0.15, -0.1) is 11.3 Å². The molecule has 0 aliphatic heterocycles. The fraction of sp³-hybridized carbons (Fsp3) is 0.200. The first-order valence-corrected chi connectivity index (χ1v) is 9.26. The van der Waals surface area contributed by atoms with Crippen LogP contribution in [0.5, 0.6) is 11.5 Å². The van der Waals surface area contributed by atoms with E-state index in [2.05, 4.69) is 10.3 Å². The molecule has 5 nitrogen and oxygen atoms in total. The lowest BCUT2D eigenvalue weighted by Crippen LogP contribution is -2.13. The number of aromatic nitrogens is 1. The number of methoxy groups -OCH3 is 2. The lowest BCUT2D eigenvalue weighted by Gasteiger charge is -2.09. The molecule has 0 spiro atoms. The van der Waals surface area contributed by atoms with Crippen molar-refractivity contribution in [3.8, 4) is 11.5 Å². The van der Waals surface area contributed by atoms with Crippen molar-refractivity contribution in [2.45, 2.75) is 12.6 Å². The number of carbonyl (C=O) groups excluding carboxylic acids is 1. The molecule has 0 saturated carbocycles. The predicted molar refractivity (Wildman–Crippen MR) is 104 cm³/mol. The zero-order chi connectivity index (χ0) is 21.0. The number of amides is 1. The van der Waals surface area contributed by atoms with Crippen LogP contribution in [0.4, 0.5) is 18.3 Å². The van der Waals surface area contributed by atoms with Crippen LogP contribution in [0.2, 0.25) is 0 Å². The standard InChI is InChI=1S/C20H17F3N2O3S/c1-27-14-6-7-16(17(10-14)28-2)18(26)25-19-24-11-15(29-19)9-12-4-3-5-13(8-12)20(21,22)23/h3-8,10-11H,9H2,1-2H3,(H,24,25,26). The first-order valence-electron chi connectivity index (χ1n) is 8.44. The van der Waals surface area contributed by atoms with Crippen molar-refractivity contribution in [3.63, 3.8) is 0 Å². The number of rotatable bonds is 6. The van der Waals surface area contributed by atoms with E-state index in [9.17, 15) is 18.0 Å². The van der Waals surface area contributed by atoms with E-state index in [0.29, 0.717) is 27.8 Å². The van der Waals surface area contributed by atoms with Gasteiger partial charge in [-0.05, 0) is 23.8 Å². The number of nitrogens with zero attached hydrogens (tertiary/aromatic N) is 1. The molecule has 152 valence electrons. The second-order valence-corrected chi connectivity index (χ2v) is 7.14. The quantitative estimate of drug-likeness (QED) is 0.606. The maximum absolute atomic E-state index is 12.8. The maximum atomic E-state index is 12.8. The predicted octanol–water partition coefficient (Wildman–Crippen LogP) is 5.02. The van der Waals surface area contributed by atoms with Crippen molar-refractivity contribution < 1.29 is 27.4 Å². The van der Waals surface area contributed by atoms with E-state index in [-0.39, 0.29) is 6.42 Å². The lowest BCUT2D eigenvalue weighted by atomic mass is 10.1. The molecule has 0 atom stereocenters. The van der Waals surface area contributed by atoms with Gasteiger partial charge in [0.15, 0.2) is 5.13 Å². The number of benzene rings is 2. The summed E-state index contributed by atoms with van der Waals surface area (Å²) in [7, 11) is 2.96. The van der Waals surface area contributed by atoms with E-state index in [1.54, 1.807) is 24.3 Å². The van der Waals surface area contributed by atoms with Crippen LogP contribution >= 0.6 is 11.3 Å². The average molecular weight is 422 g/mol. The van der Waals surface area contributed by atoms with Gasteiger partial charge in [-0.1, -0.05) is 18.2 Å². The van der Waals surface area contributed by atoms with E-state index in [0.717, 1.165) is 17.0 Å². The van der Waals surface area contributed by atoms with Crippen LogP contribution in [0.15, 0.2) is 48.7 Å². The molecule has 29 heavy (non-hydrogen) atoms. The molecule has 1 N–H and O–H groups in total. The van der Waals surface area contributed by atoms with Gasteiger partial charge >= 0.3 is 6.18 Å². The Labute approximate surface area is 169 Å². The van der Waals surface area contributed by atoms with Crippen LogP contribution in [-0.2, 0) is 12.6 Å². The fourth-order valence-electron chi connectivity index (χ4n) is 2.66. The molecule has 0 unspecified atom stereocenters. The minimum absolute atomic E-state index is 0.281. The molecule has 0 fully saturated rings. The number of alkyl halides is 3. The molecule has 0 radical (unpaired) electrons. The third-order valence-electron chi connectivity index (χ3n) is 4.06. The third kappa shape index (κ3) is 5.05. The highest BCUT2D eigenvalue weighted by atomic mass is 32.1. The summed E-state index contributed by atoms with van der Waals surface area (Å²) in [5.41, 5.74) is 0.126. The second kappa shape index (κ2) is 8.52. The summed E-state index contributed by atoms with van der Waals surface area (Å²) in [5, 5.41) is 3.02. The molecule has 1 heterocycles. The Morgan fingerprint density at radius 2 is 1.93 bits per heavy atom. The summed E-state index contributed by atoms with van der Waals surface area (Å²) in [5.74, 6) is 0.489. The summed E-state index contributed by atoms with van der Waals surface area (Å²) >= 11 is 1.20. The van der Waals surface area contributed by atoms with Crippen molar-refractivity contribution in [1.29, 1.82) is 0 Å². The number of ether oxygens (including phenoxy) is 2. The molecule has 0 bridgehead atoms. The number of hydrogen-bond acceptors (Lipinski definition) is 5. The van der Waals surface area contributed by atoms with Gasteiger partial charge in [0, 0.05) is 23.6 Å². The molecular weight excluding hydrogens is 405 g/mol. The van der Waals surface area contributed by atoms with Gasteiger partial charge in [-0.25, -0.2) is 4.98 Å². The first kappa shape index (κ1) is 20.7. The number of hydrogen-bond donors (Lipinski definition) is 1. The van der Waals surface area contributed by atoms with Crippen LogP contribution < -0.4 is 14.8 Å². The molecule has 2 aromatic carbocycles. The van der Waals surface area contributed by atoms with E-state index in [1.165, 1.54) is 37.8 Å². The topological polar surface area (TPSA) is 60.5 Å². The van der Waals surface area contributed by atoms with Crippen molar-refractivity contribution in [3.05, 3.63) is 70.2 Å². The summed E-state index contributed by atoms with van der Waals surface area (Å²) < 4.78 is 48.9. The number of anilines is 1. The van der Waals surface area contributed by atoms with Gasteiger partial charge in [0.2, 0.25) is 0 Å². The van der Waals surface area contributed by atoms with E-state index in [1.807, 2.05) is 0 Å². The summed E-state index contributed by atoms with van der Waals surface area (Å²) in [6, 6.07) is 9.94. The van der Waals surface area contributed by atoms with E-state index < -0.39 is 17.6 Å². The highest BCUT2D eigenvalue weighted by Crippen LogP contribution is 2.31. The van der Waals surface area contributed by atoms with Gasteiger partial charge in [-0.2, -0.15) is 13.2 Å². The molecule has 0 aliphatic rings. The highest BCUT2D eigenvalue weighted by Gasteiger charge is 2.30. The summed E-state index contributed by atoms with van der Waals surface area (Å²) in [6.45, 7) is 0. The minimum atomic E-state index is -4.39. The van der Waals surface area contributed by atoms with E-state index >= 15 is 0 Å². The second-order valence-electron chi connectivity index (χ2n) is 6.03. The Kier molecular flexibility index (Phi) is 6.07. The zero-order valence-electron chi connectivity index (χ0n) is 15.5. The summed E-state index contributed by atoms with van der Waals surface area (Å²) in [6.07, 6.45) is -2.57. The van der Waals surface area contributed by atoms with Gasteiger partial charge < -0.3 is 9.47 Å². The number of carbonyl (C=O) groups is 1. The molecule has 1 amide bonds. The Morgan fingerprint density at radius 3 is 2.62 bits per heavy atom. The van der Waals surface area contributed by atoms with Crippen molar-refractivity contribution in [1.82, 2.24) is 4.98 Å². The number of halogens is 3. The highest BCUT2D eigenvalue weighted by molar-refractivity contribution is 7.15. The molecule has 1 aromatic heterocycles. The fourth-order valence-corrected chi connectivity index (χ4v) is 3.50. The van der Waals surface area contributed by atoms with Crippen LogP contribution in [0, 0.1) is 0 Å². The van der Waals surface area contributed by atoms with Gasteiger partial charge in [-0.3, -0.25) is 10.1 Å². The number of nitrogens with one attached hydrogen (secondary N) is 1. The molecule has 3 rings (SSSR count). The first-order chi connectivity index (χ1) is 13.8. The third-order valence-corrected chi connectivity index (χ3v) is 4.97. The maximum Gasteiger partial charge on any atom is 0.416 e.